The van der Waals surface area contributed by atoms with Crippen LogP contribution in [0.25, 0.3) is 0 Å². The van der Waals surface area contributed by atoms with Crippen molar-refractivity contribution in [1.29, 1.82) is 0 Å². The number of nitrogens with zero attached hydrogens (tertiary/aromatic N) is 1. The third kappa shape index (κ3) is 7.49. The molecule has 0 bridgehead atoms. The number of amides is 1. The van der Waals surface area contributed by atoms with Crippen molar-refractivity contribution in [2.75, 3.05) is 18.9 Å². The zero-order valence-corrected chi connectivity index (χ0v) is 18.0. The lowest BCUT2D eigenvalue weighted by Crippen LogP contribution is -2.41. The van der Waals surface area contributed by atoms with Crippen LogP contribution in [0.3, 0.4) is 0 Å². The van der Waals surface area contributed by atoms with Crippen LogP contribution in [0.15, 0.2) is 53.5 Å². The van der Waals surface area contributed by atoms with Gasteiger partial charge in [0.25, 0.3) is 0 Å². The molecular formula is C23H32N4O2. The van der Waals surface area contributed by atoms with Gasteiger partial charge >= 0.3 is 0 Å². The number of guanidine groups is 1. The van der Waals surface area contributed by atoms with Crippen molar-refractivity contribution < 1.29 is 9.53 Å². The smallest absolute Gasteiger partial charge is 0.226 e. The molecule has 0 spiro atoms. The van der Waals surface area contributed by atoms with E-state index in [0.717, 1.165) is 22.6 Å². The summed E-state index contributed by atoms with van der Waals surface area (Å²) < 4.78 is 5.98. The number of hydrogen-bond acceptors (Lipinski definition) is 3. The lowest BCUT2D eigenvalue weighted by Gasteiger charge is -2.19. The molecule has 29 heavy (non-hydrogen) atoms. The van der Waals surface area contributed by atoms with E-state index in [1.54, 1.807) is 7.05 Å². The fourth-order valence-corrected chi connectivity index (χ4v) is 2.59. The molecule has 0 saturated heterocycles. The van der Waals surface area contributed by atoms with Crippen molar-refractivity contribution in [3.8, 4) is 5.75 Å². The van der Waals surface area contributed by atoms with Crippen LogP contribution in [0, 0.1) is 12.8 Å². The quantitative estimate of drug-likeness (QED) is 0.470. The molecular weight excluding hydrogens is 364 g/mol. The molecule has 6 nitrogen and oxygen atoms in total. The molecule has 6 heteroatoms. The number of hydrogen-bond donors (Lipinski definition) is 3. The standard InChI is InChI=1S/C23H32N4O2/c1-16(2)22(28)27-20-12-10-19(11-13-20)15-26-23(24-5)25-14-18(4)29-21-9-7-6-8-17(21)3/h6-13,16,18H,14-15H2,1-5H3,(H,27,28)(H2,24,25,26). The van der Waals surface area contributed by atoms with E-state index in [2.05, 4.69) is 20.9 Å². The van der Waals surface area contributed by atoms with Crippen molar-refractivity contribution in [3.05, 3.63) is 59.7 Å². The maximum Gasteiger partial charge on any atom is 0.226 e. The molecule has 0 aliphatic heterocycles. The molecule has 0 heterocycles. The zero-order chi connectivity index (χ0) is 21.2. The Morgan fingerprint density at radius 1 is 1.03 bits per heavy atom. The van der Waals surface area contributed by atoms with Gasteiger partial charge in [-0.15, -0.1) is 0 Å². The molecule has 0 radical (unpaired) electrons. The number of carbonyl (C=O) groups excluding carboxylic acids is 1. The third-order valence-corrected chi connectivity index (χ3v) is 4.41. The van der Waals surface area contributed by atoms with Crippen molar-refractivity contribution >= 4 is 17.6 Å². The van der Waals surface area contributed by atoms with Crippen LogP contribution in [0.5, 0.6) is 5.75 Å². The van der Waals surface area contributed by atoms with Crippen LogP contribution in [-0.2, 0) is 11.3 Å². The van der Waals surface area contributed by atoms with Gasteiger partial charge in [-0.2, -0.15) is 0 Å². The second-order valence-electron chi connectivity index (χ2n) is 7.34. The van der Waals surface area contributed by atoms with Gasteiger partial charge in [0.2, 0.25) is 5.91 Å². The maximum absolute atomic E-state index is 11.8. The van der Waals surface area contributed by atoms with Crippen LogP contribution in [0.4, 0.5) is 5.69 Å². The summed E-state index contributed by atoms with van der Waals surface area (Å²) in [6, 6.07) is 15.8. The van der Waals surface area contributed by atoms with Gasteiger partial charge in [-0.1, -0.05) is 44.2 Å². The molecule has 0 saturated carbocycles. The third-order valence-electron chi connectivity index (χ3n) is 4.41. The summed E-state index contributed by atoms with van der Waals surface area (Å²) >= 11 is 0. The van der Waals surface area contributed by atoms with Gasteiger partial charge in [0.1, 0.15) is 11.9 Å². The Labute approximate surface area is 173 Å². The summed E-state index contributed by atoms with van der Waals surface area (Å²) in [7, 11) is 1.74. The number of rotatable bonds is 8. The molecule has 0 aromatic heterocycles. The van der Waals surface area contributed by atoms with Crippen LogP contribution in [0.1, 0.15) is 31.9 Å². The lowest BCUT2D eigenvalue weighted by molar-refractivity contribution is -0.118. The van der Waals surface area contributed by atoms with E-state index < -0.39 is 0 Å². The monoisotopic (exact) mass is 396 g/mol. The Balaban J connectivity index is 1.78. The first-order chi connectivity index (χ1) is 13.9. The van der Waals surface area contributed by atoms with Crippen LogP contribution in [-0.4, -0.2) is 31.6 Å². The summed E-state index contributed by atoms with van der Waals surface area (Å²) in [5.41, 5.74) is 3.02. The molecule has 1 unspecified atom stereocenters. The highest BCUT2D eigenvalue weighted by molar-refractivity contribution is 5.92. The fraction of sp³-hybridized carbons (Fsp3) is 0.391. The number of para-hydroxylation sites is 1. The van der Waals surface area contributed by atoms with E-state index in [4.69, 9.17) is 4.74 Å². The van der Waals surface area contributed by atoms with Crippen molar-refractivity contribution in [2.45, 2.75) is 40.3 Å². The molecule has 0 aliphatic carbocycles. The van der Waals surface area contributed by atoms with Gasteiger partial charge in [0, 0.05) is 25.2 Å². The van der Waals surface area contributed by atoms with Gasteiger partial charge < -0.3 is 20.7 Å². The number of carbonyl (C=O) groups is 1. The highest BCUT2D eigenvalue weighted by atomic mass is 16.5. The molecule has 1 amide bonds. The largest absolute Gasteiger partial charge is 0.489 e. The van der Waals surface area contributed by atoms with Gasteiger partial charge in [-0.3, -0.25) is 9.79 Å². The molecule has 156 valence electrons. The number of benzene rings is 2. The molecule has 1 atom stereocenters. The topological polar surface area (TPSA) is 74.8 Å². The van der Waals surface area contributed by atoms with Crippen LogP contribution < -0.4 is 20.7 Å². The SMILES string of the molecule is CN=C(NCc1ccc(NC(=O)C(C)C)cc1)NCC(C)Oc1ccccc1C. The molecule has 0 aliphatic rings. The van der Waals surface area contributed by atoms with E-state index >= 15 is 0 Å². The Kier molecular flexibility index (Phi) is 8.52. The molecule has 3 N–H and O–H groups in total. The summed E-state index contributed by atoms with van der Waals surface area (Å²) in [6.07, 6.45) is -0.00139. The highest BCUT2D eigenvalue weighted by Crippen LogP contribution is 2.17. The molecule has 2 rings (SSSR count). The predicted molar refractivity (Wildman–Crippen MR) is 119 cm³/mol. The first-order valence-corrected chi connectivity index (χ1v) is 9.95. The van der Waals surface area contributed by atoms with Crippen molar-refractivity contribution in [1.82, 2.24) is 10.6 Å². The lowest BCUT2D eigenvalue weighted by atomic mass is 10.1. The summed E-state index contributed by atoms with van der Waals surface area (Å²) in [5.74, 6) is 1.59. The first-order valence-electron chi connectivity index (χ1n) is 9.95. The highest BCUT2D eigenvalue weighted by Gasteiger charge is 2.08. The van der Waals surface area contributed by atoms with Crippen molar-refractivity contribution in [2.24, 2.45) is 10.9 Å². The Bertz CT molecular complexity index is 816. The number of ether oxygens (including phenoxy) is 1. The van der Waals surface area contributed by atoms with Gasteiger partial charge in [0.05, 0.1) is 6.54 Å². The van der Waals surface area contributed by atoms with E-state index in [-0.39, 0.29) is 17.9 Å². The van der Waals surface area contributed by atoms with Crippen molar-refractivity contribution in [3.63, 3.8) is 0 Å². The van der Waals surface area contributed by atoms with Crippen LogP contribution >= 0.6 is 0 Å². The Morgan fingerprint density at radius 2 is 1.72 bits per heavy atom. The minimum Gasteiger partial charge on any atom is -0.489 e. The van der Waals surface area contributed by atoms with Gasteiger partial charge in [-0.05, 0) is 43.2 Å². The number of nitrogens with one attached hydrogen (secondary N) is 3. The average molecular weight is 397 g/mol. The zero-order valence-electron chi connectivity index (χ0n) is 18.0. The molecule has 0 fully saturated rings. The summed E-state index contributed by atoms with van der Waals surface area (Å²) in [4.78, 5) is 16.0. The minimum absolute atomic E-state index is 0.00139. The second-order valence-corrected chi connectivity index (χ2v) is 7.34. The van der Waals surface area contributed by atoms with Crippen LogP contribution in [0.2, 0.25) is 0 Å². The maximum atomic E-state index is 11.8. The number of aliphatic imine (C=N–C) groups is 1. The number of anilines is 1. The normalized spacial score (nSPS) is 12.4. The summed E-state index contributed by atoms with van der Waals surface area (Å²) in [5, 5.41) is 9.47. The number of aryl methyl sites for hydroxylation is 1. The van der Waals surface area contributed by atoms with E-state index in [1.807, 2.05) is 76.2 Å². The van der Waals surface area contributed by atoms with E-state index in [9.17, 15) is 4.79 Å². The Hall–Kier alpha value is -3.02. The summed E-state index contributed by atoms with van der Waals surface area (Å²) in [6.45, 7) is 9.07. The van der Waals surface area contributed by atoms with E-state index in [1.165, 1.54) is 0 Å². The van der Waals surface area contributed by atoms with Gasteiger partial charge in [-0.25, -0.2) is 0 Å². The molecule has 2 aromatic rings. The Morgan fingerprint density at radius 3 is 2.34 bits per heavy atom. The minimum atomic E-state index is -0.0390. The second kappa shape index (κ2) is 11.1. The molecule has 2 aromatic carbocycles. The van der Waals surface area contributed by atoms with E-state index in [0.29, 0.717) is 19.0 Å². The van der Waals surface area contributed by atoms with Gasteiger partial charge in [0.15, 0.2) is 5.96 Å². The predicted octanol–water partition coefficient (Wildman–Crippen LogP) is 3.72. The fourth-order valence-electron chi connectivity index (χ4n) is 2.59. The first kappa shape index (κ1) is 22.3. The average Bonchev–Trinajstić information content (AvgIpc) is 2.71.